The minimum atomic E-state index is -0.0326. The molecule has 0 aliphatic carbocycles. The average Bonchev–Trinajstić information content (AvgIpc) is 2.90. The summed E-state index contributed by atoms with van der Waals surface area (Å²) in [4.78, 5) is 4.41. The number of phenols is 2. The number of aromatic nitrogens is 2. The summed E-state index contributed by atoms with van der Waals surface area (Å²) in [7, 11) is 0. The maximum Gasteiger partial charge on any atom is 0.258 e. The summed E-state index contributed by atoms with van der Waals surface area (Å²) in [5.74, 6) is 1.88. The van der Waals surface area contributed by atoms with Gasteiger partial charge in [0, 0.05) is 27.9 Å². The summed E-state index contributed by atoms with van der Waals surface area (Å²) in [6.45, 7) is 4.44. The van der Waals surface area contributed by atoms with Crippen LogP contribution in [0.15, 0.2) is 22.7 Å². The molecular formula is C14H16N2O3S2. The molecule has 3 rings (SSSR count). The van der Waals surface area contributed by atoms with E-state index < -0.39 is 0 Å². The van der Waals surface area contributed by atoms with Crippen LogP contribution in [0.5, 0.6) is 11.5 Å². The van der Waals surface area contributed by atoms with E-state index in [9.17, 15) is 10.2 Å². The molecule has 0 saturated carbocycles. The second-order valence-electron chi connectivity index (χ2n) is 5.06. The van der Waals surface area contributed by atoms with Crippen molar-refractivity contribution in [2.75, 3.05) is 5.75 Å². The summed E-state index contributed by atoms with van der Waals surface area (Å²) in [6, 6.07) is 4.24. The highest BCUT2D eigenvalue weighted by atomic mass is 32.2. The zero-order valence-electron chi connectivity index (χ0n) is 11.7. The monoisotopic (exact) mass is 324 g/mol. The summed E-state index contributed by atoms with van der Waals surface area (Å²) >= 11 is 3.77. The lowest BCUT2D eigenvalue weighted by Gasteiger charge is -2.29. The predicted octanol–water partition coefficient (Wildman–Crippen LogP) is 3.45. The smallest absolute Gasteiger partial charge is 0.258 e. The molecule has 3 unspecified atom stereocenters. The topological polar surface area (TPSA) is 79.4 Å². The van der Waals surface area contributed by atoms with Gasteiger partial charge in [-0.25, -0.2) is 0 Å². The minimum absolute atomic E-state index is 0.0326. The average molecular weight is 324 g/mol. The van der Waals surface area contributed by atoms with Crippen molar-refractivity contribution < 1.29 is 14.7 Å². The molecule has 5 nitrogen and oxygen atoms in total. The Morgan fingerprint density at radius 2 is 1.86 bits per heavy atom. The van der Waals surface area contributed by atoms with Crippen LogP contribution in [0.1, 0.15) is 24.9 Å². The number of aromatic hydroxyl groups is 2. The van der Waals surface area contributed by atoms with Gasteiger partial charge in [-0.3, -0.25) is 0 Å². The molecule has 3 atom stereocenters. The summed E-state index contributed by atoms with van der Waals surface area (Å²) in [5.41, 5.74) is 0.515. The highest BCUT2D eigenvalue weighted by Crippen LogP contribution is 2.43. The highest BCUT2D eigenvalue weighted by Gasteiger charge is 2.30. The largest absolute Gasteiger partial charge is 0.508 e. The number of benzene rings is 1. The first kappa shape index (κ1) is 14.6. The van der Waals surface area contributed by atoms with Crippen LogP contribution >= 0.6 is 23.5 Å². The van der Waals surface area contributed by atoms with Gasteiger partial charge in [0.15, 0.2) is 5.82 Å². The number of rotatable bonds is 2. The quantitative estimate of drug-likeness (QED) is 0.876. The Hall–Kier alpha value is -1.34. The summed E-state index contributed by atoms with van der Waals surface area (Å²) < 4.78 is 5.27. The number of nitrogens with zero attached hydrogens (tertiary/aromatic N) is 2. The molecule has 7 heteroatoms. The van der Waals surface area contributed by atoms with E-state index in [0.717, 1.165) is 5.75 Å². The Morgan fingerprint density at radius 1 is 1.14 bits per heavy atom. The Balaban J connectivity index is 1.83. The summed E-state index contributed by atoms with van der Waals surface area (Å²) in [5, 5.41) is 24.5. The lowest BCUT2D eigenvalue weighted by Crippen LogP contribution is -2.22. The number of thioether (sulfide) groups is 2. The SMILES string of the molecule is CC1SCC(c2noc(-c3cc(O)cc(O)c3)n2)SC1C. The van der Waals surface area contributed by atoms with Crippen molar-refractivity contribution in [2.45, 2.75) is 29.6 Å². The van der Waals surface area contributed by atoms with Crippen molar-refractivity contribution >= 4 is 23.5 Å². The molecule has 0 bridgehead atoms. The van der Waals surface area contributed by atoms with Crippen LogP contribution in [0.4, 0.5) is 0 Å². The van der Waals surface area contributed by atoms with Crippen LogP contribution in [0.25, 0.3) is 11.5 Å². The first-order valence-electron chi connectivity index (χ1n) is 6.67. The highest BCUT2D eigenvalue weighted by molar-refractivity contribution is 8.07. The van der Waals surface area contributed by atoms with E-state index in [2.05, 4.69) is 24.0 Å². The van der Waals surface area contributed by atoms with Crippen molar-refractivity contribution in [3.8, 4) is 23.0 Å². The fourth-order valence-corrected chi connectivity index (χ4v) is 4.95. The molecule has 1 saturated heterocycles. The molecule has 2 aromatic rings. The minimum Gasteiger partial charge on any atom is -0.508 e. The Kier molecular flexibility index (Phi) is 4.03. The van der Waals surface area contributed by atoms with Crippen molar-refractivity contribution in [2.24, 2.45) is 0 Å². The first-order valence-corrected chi connectivity index (χ1v) is 8.66. The molecule has 0 radical (unpaired) electrons. The molecule has 112 valence electrons. The normalized spacial score (nSPS) is 25.9. The van der Waals surface area contributed by atoms with Gasteiger partial charge in [0.1, 0.15) is 11.5 Å². The van der Waals surface area contributed by atoms with E-state index in [4.69, 9.17) is 4.52 Å². The fourth-order valence-electron chi connectivity index (χ4n) is 2.12. The van der Waals surface area contributed by atoms with Gasteiger partial charge < -0.3 is 14.7 Å². The van der Waals surface area contributed by atoms with Crippen molar-refractivity contribution in [3.05, 3.63) is 24.0 Å². The molecule has 2 N–H and O–H groups in total. The van der Waals surface area contributed by atoms with Crippen molar-refractivity contribution in [1.29, 1.82) is 0 Å². The second kappa shape index (κ2) is 5.81. The molecule has 1 aliphatic rings. The first-order chi connectivity index (χ1) is 10.0. The van der Waals surface area contributed by atoms with Crippen LogP contribution in [0.3, 0.4) is 0 Å². The van der Waals surface area contributed by atoms with Gasteiger partial charge in [-0.2, -0.15) is 16.7 Å². The number of hydrogen-bond acceptors (Lipinski definition) is 7. The molecule has 0 amide bonds. The summed E-state index contributed by atoms with van der Waals surface area (Å²) in [6.07, 6.45) is 0. The zero-order valence-corrected chi connectivity index (χ0v) is 13.3. The molecule has 1 aromatic heterocycles. The van der Waals surface area contributed by atoms with E-state index in [0.29, 0.717) is 27.8 Å². The van der Waals surface area contributed by atoms with E-state index in [1.165, 1.54) is 18.2 Å². The van der Waals surface area contributed by atoms with Crippen molar-refractivity contribution in [1.82, 2.24) is 10.1 Å². The molecule has 1 fully saturated rings. The van der Waals surface area contributed by atoms with Crippen LogP contribution < -0.4 is 0 Å². The Labute approximate surface area is 131 Å². The van der Waals surface area contributed by atoms with E-state index >= 15 is 0 Å². The van der Waals surface area contributed by atoms with E-state index in [-0.39, 0.29) is 16.7 Å². The third kappa shape index (κ3) is 3.13. The van der Waals surface area contributed by atoms with Gasteiger partial charge in [0.2, 0.25) is 0 Å². The van der Waals surface area contributed by atoms with Crippen LogP contribution in [-0.4, -0.2) is 36.6 Å². The van der Waals surface area contributed by atoms with E-state index in [1.807, 2.05) is 23.5 Å². The zero-order chi connectivity index (χ0) is 15.0. The van der Waals surface area contributed by atoms with Gasteiger partial charge >= 0.3 is 0 Å². The van der Waals surface area contributed by atoms with Gasteiger partial charge in [0.25, 0.3) is 5.89 Å². The predicted molar refractivity (Wildman–Crippen MR) is 84.8 cm³/mol. The second-order valence-corrected chi connectivity index (χ2v) is 8.06. The molecule has 1 aromatic carbocycles. The van der Waals surface area contributed by atoms with Crippen molar-refractivity contribution in [3.63, 3.8) is 0 Å². The van der Waals surface area contributed by atoms with Gasteiger partial charge in [-0.15, -0.1) is 11.8 Å². The molecule has 2 heterocycles. The molecule has 21 heavy (non-hydrogen) atoms. The van der Waals surface area contributed by atoms with Crippen LogP contribution in [0.2, 0.25) is 0 Å². The maximum atomic E-state index is 9.52. The van der Waals surface area contributed by atoms with Gasteiger partial charge in [-0.1, -0.05) is 19.0 Å². The Morgan fingerprint density at radius 3 is 2.52 bits per heavy atom. The van der Waals surface area contributed by atoms with E-state index in [1.54, 1.807) is 0 Å². The fraction of sp³-hybridized carbons (Fsp3) is 0.429. The molecular weight excluding hydrogens is 308 g/mol. The number of phenolic OH excluding ortho intramolecular Hbond substituents is 2. The number of hydrogen-bond donors (Lipinski definition) is 2. The van der Waals surface area contributed by atoms with Crippen LogP contribution in [0, 0.1) is 0 Å². The lowest BCUT2D eigenvalue weighted by molar-refractivity contribution is 0.420. The third-order valence-corrected chi connectivity index (χ3v) is 6.82. The maximum absolute atomic E-state index is 9.52. The lowest BCUT2D eigenvalue weighted by atomic mass is 10.2. The molecule has 0 spiro atoms. The third-order valence-electron chi connectivity index (χ3n) is 3.43. The van der Waals surface area contributed by atoms with Gasteiger partial charge in [0.05, 0.1) is 5.25 Å². The van der Waals surface area contributed by atoms with Crippen LogP contribution in [-0.2, 0) is 0 Å². The standard InChI is InChI=1S/C14H16N2O3S2/c1-7-8(2)21-12(6-20-7)13-15-14(19-16-13)9-3-10(17)5-11(18)4-9/h3-5,7-8,12,17-18H,6H2,1-2H3. The molecule has 1 aliphatic heterocycles. The Bertz CT molecular complexity index is 627. The van der Waals surface area contributed by atoms with Gasteiger partial charge in [-0.05, 0) is 12.1 Å².